The molecule has 20 heteroatoms. The Hall–Kier alpha value is -1.32. The summed E-state index contributed by atoms with van der Waals surface area (Å²) in [6.07, 6.45) is 0.556. The number of rotatable bonds is 12. The largest absolute Gasteiger partial charge is 0.492 e. The summed E-state index contributed by atoms with van der Waals surface area (Å²) in [5.41, 5.74) is 5.48. The molecule has 1 fully saturated rings. The molecule has 17 nitrogen and oxygen atoms in total. The molecule has 2 aromatic heterocycles. The smallest absolute Gasteiger partial charge is 0.390 e. The molecule has 1 saturated heterocycles. The van der Waals surface area contributed by atoms with Crippen molar-refractivity contribution in [3.8, 4) is 0 Å². The van der Waals surface area contributed by atoms with Crippen molar-refractivity contribution < 1.29 is 54.8 Å². The first-order valence-electron chi connectivity index (χ1n) is 10.2. The molecule has 0 spiro atoms. The van der Waals surface area contributed by atoms with E-state index in [4.69, 9.17) is 28.1 Å². The van der Waals surface area contributed by atoms with Crippen LogP contribution in [0.15, 0.2) is 12.5 Å². The maximum absolute atomic E-state index is 13.0. The molecule has 0 aliphatic carbocycles. The van der Waals surface area contributed by atoms with E-state index in [1.807, 2.05) is 0 Å². The first-order chi connectivity index (χ1) is 16.8. The quantitative estimate of drug-likeness (QED) is 0.347. The van der Waals surface area contributed by atoms with Gasteiger partial charge in [0.15, 0.2) is 11.5 Å². The Bertz CT molecular complexity index is 1220. The fourth-order valence-corrected chi connectivity index (χ4v) is 7.93. The molecule has 1 aliphatic heterocycles. The number of anilines is 1. The van der Waals surface area contributed by atoms with Gasteiger partial charge in [-0.1, -0.05) is 6.92 Å². The van der Waals surface area contributed by atoms with Crippen LogP contribution in [0.5, 0.6) is 0 Å². The molecule has 2 aromatic rings. The van der Waals surface area contributed by atoms with Gasteiger partial charge in [-0.2, -0.15) is 13.7 Å². The molecule has 0 bridgehead atoms. The number of aliphatic hydroxyl groups is 1. The van der Waals surface area contributed by atoms with Crippen molar-refractivity contribution >= 4 is 34.9 Å². The lowest BCUT2D eigenvalue weighted by atomic mass is 9.86. The van der Waals surface area contributed by atoms with E-state index in [0.717, 1.165) is 28.4 Å². The van der Waals surface area contributed by atoms with Gasteiger partial charge in [-0.25, -0.2) is 28.2 Å². The van der Waals surface area contributed by atoms with Crippen LogP contribution in [0.1, 0.15) is 19.5 Å². The number of aromatic nitrogens is 4. The second kappa shape index (κ2) is 10.8. The topological polar surface area (TPSA) is 214 Å². The molecule has 0 aromatic carbocycles. The Morgan fingerprint density at radius 1 is 1.06 bits per heavy atom. The van der Waals surface area contributed by atoms with Crippen LogP contribution < -0.4 is 5.73 Å². The average Bonchev–Trinajstić information content (AvgIpc) is 3.39. The van der Waals surface area contributed by atoms with Crippen LogP contribution in [0.4, 0.5) is 5.82 Å². The van der Waals surface area contributed by atoms with Gasteiger partial charge in [0, 0.05) is 34.4 Å². The number of imidazole rings is 1. The second-order valence-corrected chi connectivity index (χ2v) is 13.3. The van der Waals surface area contributed by atoms with E-state index in [0.29, 0.717) is 11.3 Å². The van der Waals surface area contributed by atoms with Gasteiger partial charge >= 0.3 is 23.5 Å². The fourth-order valence-electron chi connectivity index (χ4n) is 3.48. The summed E-state index contributed by atoms with van der Waals surface area (Å²) in [6.45, 7) is 2.88. The minimum absolute atomic E-state index is 0.153. The Morgan fingerprint density at radius 2 is 1.64 bits per heavy atom. The van der Waals surface area contributed by atoms with Crippen LogP contribution in [0, 0.1) is 5.92 Å². The lowest BCUT2D eigenvalue weighted by Gasteiger charge is -2.28. The molecule has 6 atom stereocenters. The molecule has 1 aliphatic rings. The molecule has 3 rings (SSSR count). The molecule has 3 N–H and O–H groups in total. The van der Waals surface area contributed by atoms with E-state index in [2.05, 4.69) is 28.6 Å². The molecule has 3 unspecified atom stereocenters. The molecule has 0 radical (unpaired) electrons. The molecular formula is C16H28N5O12P3. The third kappa shape index (κ3) is 5.58. The number of phosphoric acid groups is 3. The lowest BCUT2D eigenvalue weighted by molar-refractivity contribution is -0.0740. The number of nitrogens with zero attached hydrogens (tertiary/aromatic N) is 4. The Morgan fingerprint density at radius 3 is 2.22 bits per heavy atom. The minimum Gasteiger partial charge on any atom is -0.390 e. The first kappa shape index (κ1) is 29.2. The Kier molecular flexibility index (Phi) is 8.78. The van der Waals surface area contributed by atoms with Crippen molar-refractivity contribution in [2.24, 2.45) is 5.92 Å². The van der Waals surface area contributed by atoms with Gasteiger partial charge in [0.25, 0.3) is 0 Å². The van der Waals surface area contributed by atoms with Gasteiger partial charge in [-0.05, 0) is 6.92 Å². The maximum Gasteiger partial charge on any atom is 0.492 e. The van der Waals surface area contributed by atoms with E-state index >= 15 is 0 Å². The summed E-state index contributed by atoms with van der Waals surface area (Å²) in [5, 5.41) is 15.0. The van der Waals surface area contributed by atoms with Crippen LogP contribution >= 0.6 is 23.5 Å². The standard InChI is InChI=1S/C16H28N5O12P3/c1-10-13(22)11(31-16(10,2)12-7-18-15-14(17)19-9-20-21(12)15)8-30-35(24,28-5)33-36(25,29-6)32-34(23,26-3)27-4/h7,9-11,13,22H,8H2,1-6H3,(H2,17,19,20)/t10-,11?,13-,16+,35?,36?/m0/s1. The van der Waals surface area contributed by atoms with Crippen LogP contribution in [-0.2, 0) is 55.3 Å². The van der Waals surface area contributed by atoms with Crippen molar-refractivity contribution in [1.29, 1.82) is 0 Å². The van der Waals surface area contributed by atoms with Gasteiger partial charge in [0.1, 0.15) is 18.0 Å². The van der Waals surface area contributed by atoms with E-state index < -0.39 is 53.8 Å². The zero-order chi connectivity index (χ0) is 26.9. The number of hydrogen-bond acceptors (Lipinski definition) is 16. The van der Waals surface area contributed by atoms with Crippen LogP contribution in [-0.4, -0.2) is 71.9 Å². The number of aliphatic hydroxyl groups excluding tert-OH is 1. The van der Waals surface area contributed by atoms with E-state index in [-0.39, 0.29) is 5.82 Å². The summed E-state index contributed by atoms with van der Waals surface area (Å²) in [5.74, 6) is -0.381. The van der Waals surface area contributed by atoms with Crippen LogP contribution in [0.3, 0.4) is 0 Å². The van der Waals surface area contributed by atoms with Crippen molar-refractivity contribution in [1.82, 2.24) is 19.6 Å². The monoisotopic (exact) mass is 575 g/mol. The highest BCUT2D eigenvalue weighted by atomic mass is 31.3. The minimum atomic E-state index is -4.85. The number of phosphoric ester groups is 2. The SMILES string of the molecule is COP(=O)(OC)OP(=O)(OC)OP(=O)(OC)OCC1O[C@@](C)(c2cnc3c(N)ncnn23)[C@@H](C)[C@@H]1O. The Labute approximate surface area is 206 Å². The summed E-state index contributed by atoms with van der Waals surface area (Å²) in [4.78, 5) is 8.11. The lowest BCUT2D eigenvalue weighted by Crippen LogP contribution is -2.32. The number of ether oxygens (including phenoxy) is 1. The number of nitrogen functional groups attached to an aromatic ring is 1. The average molecular weight is 575 g/mol. The Balaban J connectivity index is 1.78. The fraction of sp³-hybridized carbons (Fsp3) is 0.688. The highest BCUT2D eigenvalue weighted by Crippen LogP contribution is 2.72. The molecule has 204 valence electrons. The highest BCUT2D eigenvalue weighted by molar-refractivity contribution is 7.67. The van der Waals surface area contributed by atoms with Gasteiger partial charge < -0.3 is 15.6 Å². The number of nitrogens with two attached hydrogens (primary N) is 1. The van der Waals surface area contributed by atoms with Gasteiger partial charge in [0.2, 0.25) is 0 Å². The van der Waals surface area contributed by atoms with Crippen LogP contribution in [0.25, 0.3) is 5.65 Å². The molecule has 36 heavy (non-hydrogen) atoms. The highest BCUT2D eigenvalue weighted by Gasteiger charge is 2.53. The second-order valence-electron chi connectivity index (χ2n) is 7.60. The molecule has 0 saturated carbocycles. The zero-order valence-electron chi connectivity index (χ0n) is 20.2. The summed E-state index contributed by atoms with van der Waals surface area (Å²) in [6, 6.07) is 0. The maximum atomic E-state index is 13.0. The number of fused-ring (bicyclic) bond motifs is 1. The molecule has 3 heterocycles. The predicted molar refractivity (Wildman–Crippen MR) is 122 cm³/mol. The van der Waals surface area contributed by atoms with Crippen molar-refractivity contribution in [2.45, 2.75) is 31.7 Å². The number of hydrogen-bond donors (Lipinski definition) is 2. The third-order valence-corrected chi connectivity index (χ3v) is 11.1. The molecular weight excluding hydrogens is 547 g/mol. The van der Waals surface area contributed by atoms with Gasteiger partial charge in [0.05, 0.1) is 24.6 Å². The normalized spacial score (nSPS) is 28.2. The predicted octanol–water partition coefficient (Wildman–Crippen LogP) is 2.28. The third-order valence-electron chi connectivity index (χ3n) is 5.69. The van der Waals surface area contributed by atoms with Gasteiger partial charge in [-0.3, -0.25) is 22.6 Å². The van der Waals surface area contributed by atoms with E-state index in [9.17, 15) is 18.8 Å². The first-order valence-corrected chi connectivity index (χ1v) is 14.6. The summed E-state index contributed by atoms with van der Waals surface area (Å²) in [7, 11) is -10.2. The zero-order valence-corrected chi connectivity index (χ0v) is 22.9. The summed E-state index contributed by atoms with van der Waals surface area (Å²) < 4.78 is 78.7. The van der Waals surface area contributed by atoms with E-state index in [1.54, 1.807) is 13.8 Å². The van der Waals surface area contributed by atoms with Crippen molar-refractivity contribution in [3.05, 3.63) is 18.2 Å². The van der Waals surface area contributed by atoms with Gasteiger partial charge in [-0.15, -0.1) is 0 Å². The van der Waals surface area contributed by atoms with Crippen LogP contribution in [0.2, 0.25) is 0 Å². The summed E-state index contributed by atoms with van der Waals surface area (Å²) >= 11 is 0. The molecule has 0 amide bonds. The van der Waals surface area contributed by atoms with E-state index in [1.165, 1.54) is 17.0 Å². The van der Waals surface area contributed by atoms with Crippen molar-refractivity contribution in [2.75, 3.05) is 40.8 Å². The van der Waals surface area contributed by atoms with Crippen molar-refractivity contribution in [3.63, 3.8) is 0 Å².